The molecule has 0 aromatic carbocycles. The van der Waals surface area contributed by atoms with Crippen LogP contribution in [-0.4, -0.2) is 21.6 Å². The van der Waals surface area contributed by atoms with Crippen molar-refractivity contribution in [2.24, 2.45) is 0 Å². The van der Waals surface area contributed by atoms with Crippen LogP contribution in [0.4, 0.5) is 0 Å². The van der Waals surface area contributed by atoms with Crippen molar-refractivity contribution in [3.63, 3.8) is 0 Å². The Bertz CT molecular complexity index is 361. The highest BCUT2D eigenvalue weighted by Gasteiger charge is 2.17. The van der Waals surface area contributed by atoms with Crippen LogP contribution in [0.25, 0.3) is 0 Å². The van der Waals surface area contributed by atoms with E-state index < -0.39 is 0 Å². The standard InChI is InChI=1S/C11H18N2O2/c1-7-10(8(2)14)9(13-12-7)6-15-11(3,4)5/h6H2,1-5H3,(H,12,13). The van der Waals surface area contributed by atoms with Gasteiger partial charge in [0.1, 0.15) is 0 Å². The zero-order valence-corrected chi connectivity index (χ0v) is 9.97. The maximum atomic E-state index is 11.4. The van der Waals surface area contributed by atoms with Crippen molar-refractivity contribution in [3.05, 3.63) is 17.0 Å². The molecule has 1 N–H and O–H groups in total. The van der Waals surface area contributed by atoms with Gasteiger partial charge in [-0.3, -0.25) is 9.89 Å². The first-order valence-corrected chi connectivity index (χ1v) is 5.00. The number of hydrogen-bond acceptors (Lipinski definition) is 3. The number of aromatic nitrogens is 2. The summed E-state index contributed by atoms with van der Waals surface area (Å²) in [5.41, 5.74) is 1.92. The number of rotatable bonds is 3. The molecule has 1 rings (SSSR count). The van der Waals surface area contributed by atoms with Gasteiger partial charge in [0, 0.05) is 5.69 Å². The van der Waals surface area contributed by atoms with Gasteiger partial charge >= 0.3 is 0 Å². The van der Waals surface area contributed by atoms with Crippen LogP contribution in [0, 0.1) is 6.92 Å². The lowest BCUT2D eigenvalue weighted by Gasteiger charge is -2.18. The van der Waals surface area contributed by atoms with Gasteiger partial charge in [0.05, 0.1) is 23.5 Å². The lowest BCUT2D eigenvalue weighted by atomic mass is 10.1. The number of carbonyl (C=O) groups excluding carboxylic acids is 1. The lowest BCUT2D eigenvalue weighted by molar-refractivity contribution is -0.0167. The second-order valence-corrected chi connectivity index (χ2v) is 4.63. The molecule has 15 heavy (non-hydrogen) atoms. The summed E-state index contributed by atoms with van der Waals surface area (Å²) in [6, 6.07) is 0. The highest BCUT2D eigenvalue weighted by Crippen LogP contribution is 2.16. The summed E-state index contributed by atoms with van der Waals surface area (Å²) in [6.45, 7) is 9.66. The number of aryl methyl sites for hydroxylation is 1. The van der Waals surface area contributed by atoms with Crippen LogP contribution in [0.5, 0.6) is 0 Å². The first-order chi connectivity index (χ1) is 6.81. The van der Waals surface area contributed by atoms with Crippen LogP contribution in [0.1, 0.15) is 49.4 Å². The minimum absolute atomic E-state index is 0.0220. The Hall–Kier alpha value is -1.16. The van der Waals surface area contributed by atoms with Gasteiger partial charge in [0.15, 0.2) is 5.78 Å². The Balaban J connectivity index is 2.82. The molecule has 0 saturated carbocycles. The van der Waals surface area contributed by atoms with Gasteiger partial charge in [-0.1, -0.05) is 0 Å². The molecule has 0 atom stereocenters. The highest BCUT2D eigenvalue weighted by molar-refractivity contribution is 5.96. The topological polar surface area (TPSA) is 55.0 Å². The van der Waals surface area contributed by atoms with E-state index in [2.05, 4.69) is 10.2 Å². The van der Waals surface area contributed by atoms with E-state index in [9.17, 15) is 4.79 Å². The van der Waals surface area contributed by atoms with Crippen molar-refractivity contribution in [2.75, 3.05) is 0 Å². The van der Waals surface area contributed by atoms with Gasteiger partial charge in [-0.05, 0) is 34.6 Å². The van der Waals surface area contributed by atoms with E-state index >= 15 is 0 Å². The first kappa shape index (κ1) is 11.9. The number of ether oxygens (including phenoxy) is 1. The Labute approximate surface area is 90.0 Å². The predicted molar refractivity (Wildman–Crippen MR) is 57.9 cm³/mol. The molecule has 0 aliphatic heterocycles. The van der Waals surface area contributed by atoms with Crippen molar-refractivity contribution in [3.8, 4) is 0 Å². The average Bonchev–Trinajstić information content (AvgIpc) is 2.42. The number of aromatic amines is 1. The van der Waals surface area contributed by atoms with E-state index in [1.54, 1.807) is 6.92 Å². The summed E-state index contributed by atoms with van der Waals surface area (Å²) in [4.78, 5) is 11.4. The SMILES string of the molecule is CC(=O)c1c(COC(C)(C)C)n[nH]c1C. The molecule has 1 heterocycles. The molecule has 4 heteroatoms. The third-order valence-corrected chi connectivity index (χ3v) is 2.02. The van der Waals surface area contributed by atoms with E-state index in [1.807, 2.05) is 27.7 Å². The molecule has 1 aromatic heterocycles. The lowest BCUT2D eigenvalue weighted by Crippen LogP contribution is -2.19. The summed E-state index contributed by atoms with van der Waals surface area (Å²) in [5, 5.41) is 6.87. The molecule has 0 bridgehead atoms. The quantitative estimate of drug-likeness (QED) is 0.778. The Morgan fingerprint density at radius 3 is 2.53 bits per heavy atom. The number of carbonyl (C=O) groups is 1. The zero-order valence-electron chi connectivity index (χ0n) is 9.97. The smallest absolute Gasteiger partial charge is 0.163 e. The zero-order chi connectivity index (χ0) is 11.6. The summed E-state index contributed by atoms with van der Waals surface area (Å²) in [7, 11) is 0. The van der Waals surface area contributed by atoms with Crippen LogP contribution >= 0.6 is 0 Å². The van der Waals surface area contributed by atoms with E-state index in [0.717, 1.165) is 5.69 Å². The second-order valence-electron chi connectivity index (χ2n) is 4.63. The maximum absolute atomic E-state index is 11.4. The van der Waals surface area contributed by atoms with E-state index in [-0.39, 0.29) is 11.4 Å². The van der Waals surface area contributed by atoms with E-state index in [0.29, 0.717) is 17.9 Å². The molecule has 0 radical (unpaired) electrons. The van der Waals surface area contributed by atoms with Gasteiger partial charge in [-0.2, -0.15) is 5.10 Å². The number of hydrogen-bond donors (Lipinski definition) is 1. The molecule has 84 valence electrons. The molecular weight excluding hydrogens is 192 g/mol. The molecule has 0 fully saturated rings. The normalized spacial score (nSPS) is 11.8. The van der Waals surface area contributed by atoms with Crippen LogP contribution in [0.2, 0.25) is 0 Å². The van der Waals surface area contributed by atoms with Gasteiger partial charge in [-0.15, -0.1) is 0 Å². The van der Waals surface area contributed by atoms with E-state index in [1.165, 1.54) is 0 Å². The number of nitrogens with one attached hydrogen (secondary N) is 1. The van der Waals surface area contributed by atoms with Crippen molar-refractivity contribution >= 4 is 5.78 Å². The molecule has 0 amide bonds. The van der Waals surface area contributed by atoms with Crippen molar-refractivity contribution < 1.29 is 9.53 Å². The molecule has 0 spiro atoms. The van der Waals surface area contributed by atoms with Crippen LogP contribution in [-0.2, 0) is 11.3 Å². The predicted octanol–water partition coefficient (Wildman–Crippen LogP) is 2.24. The fourth-order valence-corrected chi connectivity index (χ4v) is 1.34. The molecule has 0 aliphatic rings. The molecule has 0 unspecified atom stereocenters. The minimum Gasteiger partial charge on any atom is -0.369 e. The number of Topliss-reactive ketones (excluding diaryl/α,β-unsaturated/α-hetero) is 1. The fraction of sp³-hybridized carbons (Fsp3) is 0.636. The van der Waals surface area contributed by atoms with Gasteiger partial charge < -0.3 is 4.74 Å². The minimum atomic E-state index is -0.221. The molecular formula is C11H18N2O2. The van der Waals surface area contributed by atoms with Crippen LogP contribution in [0.15, 0.2) is 0 Å². The number of ketones is 1. The highest BCUT2D eigenvalue weighted by atomic mass is 16.5. The number of H-pyrrole nitrogens is 1. The number of nitrogens with zero attached hydrogens (tertiary/aromatic N) is 1. The molecule has 4 nitrogen and oxygen atoms in total. The third kappa shape index (κ3) is 3.16. The maximum Gasteiger partial charge on any atom is 0.163 e. The molecule has 0 aliphatic carbocycles. The fourth-order valence-electron chi connectivity index (χ4n) is 1.34. The summed E-state index contributed by atoms with van der Waals surface area (Å²) in [6.07, 6.45) is 0. The van der Waals surface area contributed by atoms with E-state index in [4.69, 9.17) is 4.74 Å². The van der Waals surface area contributed by atoms with Crippen molar-refractivity contribution in [1.82, 2.24) is 10.2 Å². The second kappa shape index (κ2) is 4.14. The first-order valence-electron chi connectivity index (χ1n) is 5.00. The Morgan fingerprint density at radius 2 is 2.07 bits per heavy atom. The van der Waals surface area contributed by atoms with Gasteiger partial charge in [0.2, 0.25) is 0 Å². The summed E-state index contributed by atoms with van der Waals surface area (Å²) >= 11 is 0. The summed E-state index contributed by atoms with van der Waals surface area (Å²) < 4.78 is 5.58. The Kier molecular flexibility index (Phi) is 3.29. The summed E-state index contributed by atoms with van der Waals surface area (Å²) in [5.74, 6) is 0.0220. The average molecular weight is 210 g/mol. The van der Waals surface area contributed by atoms with Crippen LogP contribution < -0.4 is 0 Å². The molecule has 1 aromatic rings. The van der Waals surface area contributed by atoms with Gasteiger partial charge in [0.25, 0.3) is 0 Å². The van der Waals surface area contributed by atoms with Crippen molar-refractivity contribution in [1.29, 1.82) is 0 Å². The molecule has 0 saturated heterocycles. The third-order valence-electron chi connectivity index (χ3n) is 2.02. The van der Waals surface area contributed by atoms with Crippen LogP contribution in [0.3, 0.4) is 0 Å². The van der Waals surface area contributed by atoms with Crippen molar-refractivity contribution in [2.45, 2.75) is 46.8 Å². The van der Waals surface area contributed by atoms with Gasteiger partial charge in [-0.25, -0.2) is 0 Å². The largest absolute Gasteiger partial charge is 0.369 e. The monoisotopic (exact) mass is 210 g/mol. The Morgan fingerprint density at radius 1 is 1.47 bits per heavy atom.